The molecule has 6 nitrogen and oxygen atoms in total. The maximum Gasteiger partial charge on any atom is 0.305 e. The number of nitro benzene ring substituents is 1. The first kappa shape index (κ1) is 13.3. The van der Waals surface area contributed by atoms with Crippen LogP contribution in [0.3, 0.4) is 0 Å². The van der Waals surface area contributed by atoms with Gasteiger partial charge in [0, 0.05) is 5.54 Å². The molecule has 0 saturated heterocycles. The van der Waals surface area contributed by atoms with E-state index < -0.39 is 22.2 Å². The van der Waals surface area contributed by atoms with Crippen LogP contribution >= 0.6 is 0 Å². The zero-order chi connectivity index (χ0) is 14.0. The first-order chi connectivity index (χ1) is 8.92. The number of carboxylic acids is 1. The zero-order valence-corrected chi connectivity index (χ0v) is 10.1. The second-order valence-corrected chi connectivity index (χ2v) is 4.75. The number of hydrogen-bond acceptors (Lipinski definition) is 4. The Balaban J connectivity index is 2.27. The van der Waals surface area contributed by atoms with Gasteiger partial charge in [-0.2, -0.15) is 0 Å². The highest BCUT2D eigenvalue weighted by Gasteiger charge is 2.40. The van der Waals surface area contributed by atoms with Crippen LogP contribution in [0, 0.1) is 15.9 Å². The van der Waals surface area contributed by atoms with E-state index in [4.69, 9.17) is 5.11 Å². The number of aliphatic carboxylic acids is 1. The highest BCUT2D eigenvalue weighted by atomic mass is 19.1. The molecule has 0 aliphatic heterocycles. The fourth-order valence-electron chi connectivity index (χ4n) is 2.29. The lowest BCUT2D eigenvalue weighted by molar-refractivity contribution is -0.384. The minimum atomic E-state index is -0.961. The number of carbonyl (C=O) groups is 1. The molecule has 0 spiro atoms. The van der Waals surface area contributed by atoms with Gasteiger partial charge in [-0.15, -0.1) is 0 Å². The average Bonchev–Trinajstić information content (AvgIpc) is 2.27. The summed E-state index contributed by atoms with van der Waals surface area (Å²) >= 11 is 0. The van der Waals surface area contributed by atoms with Crippen LogP contribution in [0.4, 0.5) is 15.8 Å². The minimum Gasteiger partial charge on any atom is -0.481 e. The van der Waals surface area contributed by atoms with E-state index in [2.05, 4.69) is 5.32 Å². The molecule has 2 N–H and O–H groups in total. The van der Waals surface area contributed by atoms with Crippen molar-refractivity contribution in [3.63, 3.8) is 0 Å². The van der Waals surface area contributed by atoms with Crippen LogP contribution in [-0.2, 0) is 4.79 Å². The maximum atomic E-state index is 13.0. The van der Waals surface area contributed by atoms with Gasteiger partial charge in [-0.05, 0) is 31.4 Å². The molecule has 1 aliphatic rings. The molecule has 102 valence electrons. The molecule has 0 radical (unpaired) electrons. The van der Waals surface area contributed by atoms with E-state index >= 15 is 0 Å². The number of anilines is 1. The van der Waals surface area contributed by atoms with E-state index in [1.54, 1.807) is 0 Å². The van der Waals surface area contributed by atoms with Gasteiger partial charge in [-0.1, -0.05) is 0 Å². The molecule has 0 unspecified atom stereocenters. The van der Waals surface area contributed by atoms with Crippen LogP contribution < -0.4 is 5.32 Å². The molecular formula is C12H13FN2O4. The topological polar surface area (TPSA) is 92.5 Å². The third-order valence-corrected chi connectivity index (χ3v) is 3.36. The second kappa shape index (κ2) is 4.83. The summed E-state index contributed by atoms with van der Waals surface area (Å²) in [6, 6.07) is 3.22. The molecule has 19 heavy (non-hydrogen) atoms. The fraction of sp³-hybridized carbons (Fsp3) is 0.417. The lowest BCUT2D eigenvalue weighted by Crippen LogP contribution is -2.46. The predicted molar refractivity (Wildman–Crippen MR) is 65.5 cm³/mol. The number of nitrogens with one attached hydrogen (secondary N) is 1. The highest BCUT2D eigenvalue weighted by Crippen LogP contribution is 2.40. The summed E-state index contributed by atoms with van der Waals surface area (Å²) in [6.45, 7) is 0. The number of nitrogens with zero attached hydrogens (tertiary/aromatic N) is 1. The smallest absolute Gasteiger partial charge is 0.305 e. The Morgan fingerprint density at radius 3 is 2.68 bits per heavy atom. The summed E-state index contributed by atoms with van der Waals surface area (Å²) in [5.41, 5.74) is -0.877. The van der Waals surface area contributed by atoms with Crippen LogP contribution in [0.25, 0.3) is 0 Å². The van der Waals surface area contributed by atoms with Crippen molar-refractivity contribution >= 4 is 17.3 Å². The van der Waals surface area contributed by atoms with Gasteiger partial charge < -0.3 is 10.4 Å². The van der Waals surface area contributed by atoms with Crippen LogP contribution in [0.2, 0.25) is 0 Å². The Morgan fingerprint density at radius 2 is 2.21 bits per heavy atom. The molecule has 1 aromatic carbocycles. The molecule has 0 aromatic heterocycles. The molecule has 1 aliphatic carbocycles. The molecule has 0 amide bonds. The third-order valence-electron chi connectivity index (χ3n) is 3.36. The van der Waals surface area contributed by atoms with Crippen LogP contribution in [0.1, 0.15) is 25.7 Å². The Labute approximate surface area is 108 Å². The van der Waals surface area contributed by atoms with Crippen molar-refractivity contribution in [3.05, 3.63) is 34.1 Å². The third kappa shape index (κ3) is 2.81. The van der Waals surface area contributed by atoms with Gasteiger partial charge >= 0.3 is 5.97 Å². The lowest BCUT2D eigenvalue weighted by atomic mass is 9.74. The van der Waals surface area contributed by atoms with Gasteiger partial charge in [0.05, 0.1) is 17.4 Å². The number of rotatable bonds is 5. The normalized spacial score (nSPS) is 16.5. The Morgan fingerprint density at radius 1 is 1.53 bits per heavy atom. The highest BCUT2D eigenvalue weighted by molar-refractivity contribution is 5.71. The van der Waals surface area contributed by atoms with Crippen molar-refractivity contribution in [1.82, 2.24) is 0 Å². The van der Waals surface area contributed by atoms with E-state index in [0.717, 1.165) is 18.6 Å². The number of carboxylic acid groups (broad SMARTS) is 1. The maximum absolute atomic E-state index is 13.0. The number of nitro groups is 1. The molecule has 0 atom stereocenters. The number of halogens is 1. The fourth-order valence-corrected chi connectivity index (χ4v) is 2.29. The van der Waals surface area contributed by atoms with Gasteiger partial charge in [0.2, 0.25) is 0 Å². The largest absolute Gasteiger partial charge is 0.481 e. The van der Waals surface area contributed by atoms with Crippen molar-refractivity contribution in [2.75, 3.05) is 5.32 Å². The van der Waals surface area contributed by atoms with Crippen molar-refractivity contribution in [2.24, 2.45) is 0 Å². The molecule has 1 saturated carbocycles. The van der Waals surface area contributed by atoms with E-state index in [1.807, 2.05) is 0 Å². The monoisotopic (exact) mass is 268 g/mol. The van der Waals surface area contributed by atoms with Crippen molar-refractivity contribution < 1.29 is 19.2 Å². The van der Waals surface area contributed by atoms with Gasteiger partial charge in [-0.25, -0.2) is 4.39 Å². The van der Waals surface area contributed by atoms with Crippen molar-refractivity contribution in [2.45, 2.75) is 31.2 Å². The van der Waals surface area contributed by atoms with Crippen LogP contribution in [0.15, 0.2) is 18.2 Å². The van der Waals surface area contributed by atoms with Crippen LogP contribution in [-0.4, -0.2) is 21.5 Å². The summed E-state index contributed by atoms with van der Waals surface area (Å²) in [4.78, 5) is 21.0. The molecule has 2 rings (SSSR count). The van der Waals surface area contributed by atoms with E-state index in [1.165, 1.54) is 6.07 Å². The van der Waals surface area contributed by atoms with Crippen molar-refractivity contribution in [3.8, 4) is 0 Å². The summed E-state index contributed by atoms with van der Waals surface area (Å²) in [5.74, 6) is -1.66. The van der Waals surface area contributed by atoms with E-state index in [-0.39, 0.29) is 17.8 Å². The summed E-state index contributed by atoms with van der Waals surface area (Å²) in [7, 11) is 0. The van der Waals surface area contributed by atoms with Gasteiger partial charge in [0.1, 0.15) is 11.5 Å². The zero-order valence-electron chi connectivity index (χ0n) is 10.1. The number of benzene rings is 1. The molecule has 0 bridgehead atoms. The van der Waals surface area contributed by atoms with Gasteiger partial charge in [0.15, 0.2) is 0 Å². The van der Waals surface area contributed by atoms with Crippen LogP contribution in [0.5, 0.6) is 0 Å². The molecular weight excluding hydrogens is 255 g/mol. The molecule has 1 fully saturated rings. The average molecular weight is 268 g/mol. The Hall–Kier alpha value is -2.18. The quantitative estimate of drug-likeness (QED) is 0.632. The lowest BCUT2D eigenvalue weighted by Gasteiger charge is -2.42. The van der Waals surface area contributed by atoms with E-state index in [9.17, 15) is 19.3 Å². The Kier molecular flexibility index (Phi) is 3.37. The predicted octanol–water partition coefficient (Wildman–Crippen LogP) is 2.54. The Bertz CT molecular complexity index is 528. The SMILES string of the molecule is O=C(O)CC1(Nc2ccc(F)cc2[N+](=O)[O-])CCC1. The first-order valence-electron chi connectivity index (χ1n) is 5.86. The minimum absolute atomic E-state index is 0.110. The second-order valence-electron chi connectivity index (χ2n) is 4.75. The van der Waals surface area contributed by atoms with Gasteiger partial charge in [-0.3, -0.25) is 14.9 Å². The van der Waals surface area contributed by atoms with E-state index in [0.29, 0.717) is 12.8 Å². The molecule has 7 heteroatoms. The number of hydrogen-bond donors (Lipinski definition) is 2. The summed E-state index contributed by atoms with van der Waals surface area (Å²) < 4.78 is 13.0. The standard InChI is InChI=1S/C12H13FN2O4/c13-8-2-3-9(10(6-8)15(18)19)14-12(4-1-5-12)7-11(16)17/h2-3,6,14H,1,4-5,7H2,(H,16,17). The summed E-state index contributed by atoms with van der Waals surface area (Å²) in [5, 5.41) is 22.7. The summed E-state index contributed by atoms with van der Waals surface area (Å²) in [6.07, 6.45) is 2.03. The van der Waals surface area contributed by atoms with Gasteiger partial charge in [0.25, 0.3) is 5.69 Å². The first-order valence-corrected chi connectivity index (χ1v) is 5.86. The molecule has 0 heterocycles. The molecule has 1 aromatic rings. The van der Waals surface area contributed by atoms with Crippen molar-refractivity contribution in [1.29, 1.82) is 0 Å².